The van der Waals surface area contributed by atoms with Crippen LogP contribution in [-0.4, -0.2) is 35.2 Å². The number of H-pyrrole nitrogens is 1. The van der Waals surface area contributed by atoms with Gasteiger partial charge in [-0.15, -0.1) is 5.10 Å². The molecular weight excluding hydrogens is 308 g/mol. The summed E-state index contributed by atoms with van der Waals surface area (Å²) in [5.41, 5.74) is 9.87. The summed E-state index contributed by atoms with van der Waals surface area (Å²) >= 11 is 0. The second-order valence-corrected chi connectivity index (χ2v) is 5.24. The molecule has 4 aromatic rings. The van der Waals surface area contributed by atoms with Gasteiger partial charge in [0, 0.05) is 6.07 Å². The molecule has 9 heteroatoms. The van der Waals surface area contributed by atoms with E-state index < -0.39 is 0 Å². The third-order valence-corrected chi connectivity index (χ3v) is 3.75. The lowest BCUT2D eigenvalue weighted by Gasteiger charge is -2.12. The molecule has 3 aromatic heterocycles. The van der Waals surface area contributed by atoms with Crippen LogP contribution in [0, 0.1) is 6.92 Å². The largest absolute Gasteiger partial charge is 0.486 e. The summed E-state index contributed by atoms with van der Waals surface area (Å²) in [6.07, 6.45) is 3.17. The first-order valence-electron chi connectivity index (χ1n) is 7.26. The molecule has 9 nitrogen and oxygen atoms in total. The molecule has 0 unspecified atom stereocenters. The lowest BCUT2D eigenvalue weighted by atomic mass is 10.1. The van der Waals surface area contributed by atoms with Gasteiger partial charge in [0.1, 0.15) is 25.1 Å². The third-order valence-electron chi connectivity index (χ3n) is 3.75. The molecule has 0 bridgehead atoms. The van der Waals surface area contributed by atoms with Crippen LogP contribution in [0.2, 0.25) is 0 Å². The monoisotopic (exact) mass is 322 g/mol. The maximum Gasteiger partial charge on any atom is 0.181 e. The standard InChI is InChI=1S/C15H14N8O/c1-9-10(3-2-4-11(9)23-8-17-7-18-23)6-24-12-5-13(16)19-15-14(12)20-22-21-15/h2-5,7-8H,6H2,1H3,(H3,16,19,20,21,22). The minimum Gasteiger partial charge on any atom is -0.486 e. The average Bonchev–Trinajstić information content (AvgIpc) is 3.24. The second-order valence-electron chi connectivity index (χ2n) is 5.24. The van der Waals surface area contributed by atoms with Gasteiger partial charge in [-0.05, 0) is 24.1 Å². The molecule has 3 N–H and O–H groups in total. The number of fused-ring (bicyclic) bond motifs is 1. The van der Waals surface area contributed by atoms with E-state index in [1.54, 1.807) is 17.1 Å². The van der Waals surface area contributed by atoms with Crippen molar-refractivity contribution in [3.8, 4) is 11.4 Å². The Balaban J connectivity index is 1.64. The van der Waals surface area contributed by atoms with Crippen LogP contribution in [0.1, 0.15) is 11.1 Å². The SMILES string of the molecule is Cc1c(COc2cc(N)nc3[nH]nnc23)cccc1-n1cncn1. The van der Waals surface area contributed by atoms with Gasteiger partial charge in [0.25, 0.3) is 0 Å². The number of aromatic nitrogens is 7. The molecule has 1 aromatic carbocycles. The molecule has 0 fully saturated rings. The molecule has 24 heavy (non-hydrogen) atoms. The first-order valence-corrected chi connectivity index (χ1v) is 7.26. The molecule has 0 atom stereocenters. The first kappa shape index (κ1) is 14.1. The van der Waals surface area contributed by atoms with E-state index in [1.807, 2.05) is 25.1 Å². The van der Waals surface area contributed by atoms with Gasteiger partial charge >= 0.3 is 0 Å². The van der Waals surface area contributed by atoms with Gasteiger partial charge in [0.15, 0.2) is 16.9 Å². The number of anilines is 1. The van der Waals surface area contributed by atoms with Crippen molar-refractivity contribution in [2.45, 2.75) is 13.5 Å². The van der Waals surface area contributed by atoms with Crippen molar-refractivity contribution in [2.75, 3.05) is 5.73 Å². The number of aromatic amines is 1. The van der Waals surface area contributed by atoms with Gasteiger partial charge in [-0.25, -0.2) is 19.7 Å². The zero-order valence-corrected chi connectivity index (χ0v) is 12.8. The topological polar surface area (TPSA) is 120 Å². The molecule has 0 amide bonds. The molecule has 0 aliphatic carbocycles. The highest BCUT2D eigenvalue weighted by Gasteiger charge is 2.11. The van der Waals surface area contributed by atoms with Crippen molar-refractivity contribution in [3.63, 3.8) is 0 Å². The normalized spacial score (nSPS) is 11.0. The molecule has 4 rings (SSSR count). The Labute approximate surface area is 136 Å². The second kappa shape index (κ2) is 5.61. The number of pyridine rings is 1. The highest BCUT2D eigenvalue weighted by atomic mass is 16.5. The van der Waals surface area contributed by atoms with Crippen LogP contribution in [0.5, 0.6) is 5.75 Å². The highest BCUT2D eigenvalue weighted by Crippen LogP contribution is 2.25. The molecule has 3 heterocycles. The number of rotatable bonds is 4. The van der Waals surface area contributed by atoms with Crippen LogP contribution in [-0.2, 0) is 6.61 Å². The quantitative estimate of drug-likeness (QED) is 0.582. The Bertz CT molecular complexity index is 992. The molecule has 0 aliphatic rings. The lowest BCUT2D eigenvalue weighted by molar-refractivity contribution is 0.308. The number of hydrogen-bond donors (Lipinski definition) is 2. The van der Waals surface area contributed by atoms with Crippen molar-refractivity contribution in [2.24, 2.45) is 0 Å². The number of benzene rings is 1. The zero-order chi connectivity index (χ0) is 16.5. The highest BCUT2D eigenvalue weighted by molar-refractivity contribution is 5.78. The van der Waals surface area contributed by atoms with Crippen molar-refractivity contribution in [1.82, 2.24) is 35.2 Å². The molecule has 0 aliphatic heterocycles. The fraction of sp³-hybridized carbons (Fsp3) is 0.133. The Hall–Kier alpha value is -3.49. The Morgan fingerprint density at radius 2 is 2.25 bits per heavy atom. The van der Waals surface area contributed by atoms with Gasteiger partial charge in [-0.3, -0.25) is 0 Å². The Morgan fingerprint density at radius 1 is 1.33 bits per heavy atom. The van der Waals surface area contributed by atoms with Gasteiger partial charge in [-0.1, -0.05) is 17.3 Å². The van der Waals surface area contributed by atoms with Gasteiger partial charge in [0.05, 0.1) is 5.69 Å². The molecular formula is C15H14N8O. The van der Waals surface area contributed by atoms with Crippen LogP contribution in [0.15, 0.2) is 36.9 Å². The molecule has 0 radical (unpaired) electrons. The zero-order valence-electron chi connectivity index (χ0n) is 12.8. The minimum absolute atomic E-state index is 0.344. The van der Waals surface area contributed by atoms with Crippen molar-refractivity contribution in [3.05, 3.63) is 48.0 Å². The van der Waals surface area contributed by atoms with Crippen molar-refractivity contribution < 1.29 is 4.74 Å². The fourth-order valence-electron chi connectivity index (χ4n) is 2.50. The van der Waals surface area contributed by atoms with Crippen LogP contribution < -0.4 is 10.5 Å². The Morgan fingerprint density at radius 3 is 3.08 bits per heavy atom. The summed E-state index contributed by atoms with van der Waals surface area (Å²) in [5.74, 6) is 0.883. The smallest absolute Gasteiger partial charge is 0.181 e. The minimum atomic E-state index is 0.344. The number of nitrogens with two attached hydrogens (primary N) is 1. The summed E-state index contributed by atoms with van der Waals surface area (Å²) in [6.45, 7) is 2.38. The van der Waals surface area contributed by atoms with Gasteiger partial charge in [-0.2, -0.15) is 5.10 Å². The number of hydrogen-bond acceptors (Lipinski definition) is 7. The number of ether oxygens (including phenoxy) is 1. The third kappa shape index (κ3) is 2.41. The maximum absolute atomic E-state index is 5.91. The predicted octanol–water partition coefficient (Wildman–Crippen LogP) is 1.40. The van der Waals surface area contributed by atoms with E-state index in [9.17, 15) is 0 Å². The fourth-order valence-corrected chi connectivity index (χ4v) is 2.50. The van der Waals surface area contributed by atoms with E-state index >= 15 is 0 Å². The summed E-state index contributed by atoms with van der Waals surface area (Å²) in [7, 11) is 0. The maximum atomic E-state index is 5.91. The van der Waals surface area contributed by atoms with Crippen LogP contribution in [0.3, 0.4) is 0 Å². The van der Waals surface area contributed by atoms with E-state index in [4.69, 9.17) is 10.5 Å². The van der Waals surface area contributed by atoms with Crippen LogP contribution >= 0.6 is 0 Å². The predicted molar refractivity (Wildman–Crippen MR) is 86.5 cm³/mol. The summed E-state index contributed by atoms with van der Waals surface area (Å²) in [5, 5.41) is 14.6. The number of nitrogen functional groups attached to an aromatic ring is 1. The van der Waals surface area contributed by atoms with Gasteiger partial charge in [0.2, 0.25) is 0 Å². The lowest BCUT2D eigenvalue weighted by Crippen LogP contribution is -2.04. The summed E-state index contributed by atoms with van der Waals surface area (Å²) in [6, 6.07) is 7.57. The number of nitrogens with one attached hydrogen (secondary N) is 1. The molecule has 0 spiro atoms. The van der Waals surface area contributed by atoms with Gasteiger partial charge < -0.3 is 10.5 Å². The summed E-state index contributed by atoms with van der Waals surface area (Å²) in [4.78, 5) is 8.10. The number of nitrogens with zero attached hydrogens (tertiary/aromatic N) is 6. The van der Waals surface area contributed by atoms with E-state index in [-0.39, 0.29) is 0 Å². The van der Waals surface area contributed by atoms with E-state index in [0.29, 0.717) is 29.3 Å². The van der Waals surface area contributed by atoms with E-state index in [0.717, 1.165) is 16.8 Å². The van der Waals surface area contributed by atoms with Crippen molar-refractivity contribution >= 4 is 17.0 Å². The average molecular weight is 322 g/mol. The van der Waals surface area contributed by atoms with Crippen LogP contribution in [0.4, 0.5) is 5.82 Å². The van der Waals surface area contributed by atoms with Crippen molar-refractivity contribution in [1.29, 1.82) is 0 Å². The molecule has 0 saturated carbocycles. The van der Waals surface area contributed by atoms with E-state index in [1.165, 1.54) is 6.33 Å². The molecule has 120 valence electrons. The van der Waals surface area contributed by atoms with Crippen LogP contribution in [0.25, 0.3) is 16.9 Å². The Kier molecular flexibility index (Phi) is 3.30. The summed E-state index contributed by atoms with van der Waals surface area (Å²) < 4.78 is 7.63. The first-order chi connectivity index (χ1) is 11.7. The van der Waals surface area contributed by atoms with E-state index in [2.05, 4.69) is 30.5 Å². The molecule has 0 saturated heterocycles.